The summed E-state index contributed by atoms with van der Waals surface area (Å²) in [6.45, 7) is 2.75. The van der Waals surface area contributed by atoms with E-state index in [1.807, 2.05) is 0 Å². The monoisotopic (exact) mass is 389 g/mol. The summed E-state index contributed by atoms with van der Waals surface area (Å²) in [4.78, 5) is 12.6. The Balaban J connectivity index is 1.84. The maximum Gasteiger partial charge on any atom is 0.253 e. The molecule has 1 N–H and O–H groups in total. The number of hydrogen-bond acceptors (Lipinski definition) is 5. The molecule has 2 fully saturated rings. The van der Waals surface area contributed by atoms with Crippen LogP contribution in [0.15, 0.2) is 22.4 Å². The van der Waals surface area contributed by atoms with Crippen LogP contribution in [0.2, 0.25) is 0 Å². The molecule has 0 aliphatic carbocycles. The molecule has 6 nitrogen and oxygen atoms in total. The molecule has 4 rings (SSSR count). The lowest BCUT2D eigenvalue weighted by Gasteiger charge is -2.39. The molecule has 2 aliphatic heterocycles. The number of hydrogen-bond donors (Lipinski definition) is 1. The lowest BCUT2D eigenvalue weighted by atomic mass is 9.88. The van der Waals surface area contributed by atoms with Crippen LogP contribution in [-0.4, -0.2) is 37.3 Å². The highest BCUT2D eigenvalue weighted by Gasteiger charge is 2.54. The van der Waals surface area contributed by atoms with Crippen molar-refractivity contribution in [3.05, 3.63) is 29.3 Å². The van der Waals surface area contributed by atoms with Crippen LogP contribution in [0.5, 0.6) is 0 Å². The van der Waals surface area contributed by atoms with Gasteiger partial charge < -0.3 is 5.32 Å². The summed E-state index contributed by atoms with van der Waals surface area (Å²) < 4.78 is 29.5. The fourth-order valence-electron chi connectivity index (χ4n) is 4.16. The highest BCUT2D eigenvalue weighted by Crippen LogP contribution is 2.43. The second-order valence-electron chi connectivity index (χ2n) is 6.91. The van der Waals surface area contributed by atoms with Gasteiger partial charge in [0.15, 0.2) is 0 Å². The molecule has 26 heavy (non-hydrogen) atoms. The average Bonchev–Trinajstić information content (AvgIpc) is 3.20. The van der Waals surface area contributed by atoms with Crippen LogP contribution in [0.1, 0.15) is 36.8 Å². The maximum atomic E-state index is 13.5. The lowest BCUT2D eigenvalue weighted by Crippen LogP contribution is -2.59. The van der Waals surface area contributed by atoms with Crippen molar-refractivity contribution in [2.24, 2.45) is 0 Å². The molecule has 1 aromatic heterocycles. The number of amides is 1. The summed E-state index contributed by atoms with van der Waals surface area (Å²) in [5, 5.41) is 12.7. The number of benzene rings is 1. The highest BCUT2D eigenvalue weighted by molar-refractivity contribution is 7.91. The van der Waals surface area contributed by atoms with E-state index in [0.29, 0.717) is 43.5 Å². The average molecular weight is 390 g/mol. The molecule has 0 saturated carbocycles. The van der Waals surface area contributed by atoms with Crippen LogP contribution in [0.25, 0.3) is 10.1 Å². The van der Waals surface area contributed by atoms with E-state index in [9.17, 15) is 13.2 Å². The second kappa shape index (κ2) is 6.05. The van der Waals surface area contributed by atoms with E-state index in [1.54, 1.807) is 25.1 Å². The van der Waals surface area contributed by atoms with Crippen LogP contribution in [0.4, 0.5) is 0 Å². The van der Waals surface area contributed by atoms with Gasteiger partial charge in [-0.3, -0.25) is 4.79 Å². The van der Waals surface area contributed by atoms with Crippen molar-refractivity contribution >= 4 is 37.4 Å². The number of carbonyl (C=O) groups excluding carboxylic acids is 1. The van der Waals surface area contributed by atoms with Gasteiger partial charge in [0.2, 0.25) is 5.91 Å². The van der Waals surface area contributed by atoms with Crippen LogP contribution in [-0.2, 0) is 14.8 Å². The SMILES string of the molecule is Cc1c(S(=O)(=O)N2CCCC23CCCNC3=O)sc2ccc(C#N)cc12. The Morgan fingerprint density at radius 2 is 2.08 bits per heavy atom. The van der Waals surface area contributed by atoms with Crippen molar-refractivity contribution in [3.63, 3.8) is 0 Å². The molecule has 1 amide bonds. The van der Waals surface area contributed by atoms with Gasteiger partial charge in [-0.15, -0.1) is 11.3 Å². The molecule has 2 aromatic rings. The number of aryl methyl sites for hydroxylation is 1. The lowest BCUT2D eigenvalue weighted by molar-refractivity contribution is -0.131. The molecule has 1 spiro atoms. The Hall–Kier alpha value is -1.95. The fraction of sp³-hybridized carbons (Fsp3) is 0.444. The number of sulfonamides is 1. The molecule has 0 bridgehead atoms. The van der Waals surface area contributed by atoms with Crippen LogP contribution in [0.3, 0.4) is 0 Å². The first kappa shape index (κ1) is 17.5. The first-order valence-electron chi connectivity index (χ1n) is 8.64. The summed E-state index contributed by atoms with van der Waals surface area (Å²) in [5.74, 6) is -0.171. The second-order valence-corrected chi connectivity index (χ2v) is 10.0. The summed E-state index contributed by atoms with van der Waals surface area (Å²) in [6, 6.07) is 7.31. The zero-order chi connectivity index (χ0) is 18.5. The van der Waals surface area contributed by atoms with Crippen molar-refractivity contribution in [2.75, 3.05) is 13.1 Å². The van der Waals surface area contributed by atoms with Crippen LogP contribution < -0.4 is 5.32 Å². The zero-order valence-corrected chi connectivity index (χ0v) is 16.0. The minimum Gasteiger partial charge on any atom is -0.354 e. The van der Waals surface area contributed by atoms with Crippen molar-refractivity contribution in [2.45, 2.75) is 42.4 Å². The van der Waals surface area contributed by atoms with Crippen LogP contribution in [0, 0.1) is 18.3 Å². The van der Waals surface area contributed by atoms with Gasteiger partial charge in [0.05, 0.1) is 11.6 Å². The van der Waals surface area contributed by atoms with E-state index in [1.165, 1.54) is 15.6 Å². The molecule has 2 aliphatic rings. The molecule has 1 atom stereocenters. The number of nitrogens with zero attached hydrogens (tertiary/aromatic N) is 2. The Morgan fingerprint density at radius 3 is 2.81 bits per heavy atom. The van der Waals surface area contributed by atoms with Gasteiger partial charge in [-0.1, -0.05) is 0 Å². The number of piperidine rings is 1. The van der Waals surface area contributed by atoms with E-state index < -0.39 is 15.6 Å². The number of rotatable bonds is 2. The van der Waals surface area contributed by atoms with Crippen molar-refractivity contribution in [1.82, 2.24) is 9.62 Å². The Labute approximate surface area is 156 Å². The zero-order valence-electron chi connectivity index (χ0n) is 14.4. The number of nitrogens with one attached hydrogen (secondary N) is 1. The van der Waals surface area contributed by atoms with Crippen molar-refractivity contribution < 1.29 is 13.2 Å². The topological polar surface area (TPSA) is 90.3 Å². The van der Waals surface area contributed by atoms with Gasteiger partial charge >= 0.3 is 0 Å². The van der Waals surface area contributed by atoms with Gasteiger partial charge in [0, 0.05) is 17.8 Å². The molecule has 1 unspecified atom stereocenters. The largest absolute Gasteiger partial charge is 0.354 e. The van der Waals surface area contributed by atoms with E-state index in [2.05, 4.69) is 11.4 Å². The smallest absolute Gasteiger partial charge is 0.253 e. The maximum absolute atomic E-state index is 13.5. The van der Waals surface area contributed by atoms with Crippen molar-refractivity contribution in [1.29, 1.82) is 5.26 Å². The number of nitriles is 1. The van der Waals surface area contributed by atoms with E-state index in [-0.39, 0.29) is 10.1 Å². The molecule has 0 radical (unpaired) electrons. The predicted octanol–water partition coefficient (Wildman–Crippen LogP) is 2.51. The Bertz CT molecular complexity index is 1050. The highest BCUT2D eigenvalue weighted by atomic mass is 32.2. The summed E-state index contributed by atoms with van der Waals surface area (Å²) in [6.07, 6.45) is 2.62. The quantitative estimate of drug-likeness (QED) is 0.854. The minimum atomic E-state index is -3.78. The third kappa shape index (κ3) is 2.38. The van der Waals surface area contributed by atoms with Gasteiger partial charge in [-0.2, -0.15) is 9.57 Å². The Kier molecular flexibility index (Phi) is 4.06. The molecule has 8 heteroatoms. The molecule has 3 heterocycles. The Morgan fingerprint density at radius 1 is 1.31 bits per heavy atom. The number of carbonyl (C=O) groups is 1. The van der Waals surface area contributed by atoms with Gasteiger partial charge in [-0.05, 0) is 61.8 Å². The van der Waals surface area contributed by atoms with E-state index >= 15 is 0 Å². The number of thiophene rings is 1. The fourth-order valence-corrected chi connectivity index (χ4v) is 7.83. The third-order valence-corrected chi connectivity index (χ3v) is 9.29. The summed E-state index contributed by atoms with van der Waals surface area (Å²) in [5.41, 5.74) is 0.212. The molecule has 1 aromatic carbocycles. The van der Waals surface area contributed by atoms with Gasteiger partial charge in [0.1, 0.15) is 9.75 Å². The summed E-state index contributed by atoms with van der Waals surface area (Å²) >= 11 is 1.21. The standard InChI is InChI=1S/C18H19N3O3S2/c1-12-14-10-13(11-19)4-5-15(14)25-16(12)26(23,24)21-9-3-7-18(21)6-2-8-20-17(18)22/h4-5,10H,2-3,6-9H2,1H3,(H,20,22). The predicted molar refractivity (Wildman–Crippen MR) is 99.4 cm³/mol. The first-order chi connectivity index (χ1) is 12.4. The van der Waals surface area contributed by atoms with E-state index in [4.69, 9.17) is 5.26 Å². The first-order valence-corrected chi connectivity index (χ1v) is 10.9. The van der Waals surface area contributed by atoms with E-state index in [0.717, 1.165) is 16.5 Å². The van der Waals surface area contributed by atoms with Gasteiger partial charge in [0.25, 0.3) is 10.0 Å². The minimum absolute atomic E-state index is 0.171. The molecule has 136 valence electrons. The van der Waals surface area contributed by atoms with Gasteiger partial charge in [-0.25, -0.2) is 8.42 Å². The summed E-state index contributed by atoms with van der Waals surface area (Å²) in [7, 11) is -3.78. The molecular formula is C18H19N3O3S2. The van der Waals surface area contributed by atoms with Crippen molar-refractivity contribution in [3.8, 4) is 6.07 Å². The third-order valence-electron chi connectivity index (χ3n) is 5.45. The number of fused-ring (bicyclic) bond motifs is 1. The van der Waals surface area contributed by atoms with Crippen LogP contribution >= 0.6 is 11.3 Å². The molecular weight excluding hydrogens is 370 g/mol. The molecule has 2 saturated heterocycles. The normalized spacial score (nSPS) is 24.1.